The smallest absolute Gasteiger partial charge is 0.412 e. The van der Waals surface area contributed by atoms with E-state index in [-0.39, 0.29) is 67.4 Å². The van der Waals surface area contributed by atoms with Gasteiger partial charge in [0.05, 0.1) is 0 Å². The maximum absolute atomic E-state index is 0. The first-order valence-electron chi connectivity index (χ1n) is 0. The molecule has 5 heteroatoms. The van der Waals surface area contributed by atoms with E-state index in [0.717, 1.165) is 0 Å². The number of rotatable bonds is 0. The molecule has 4 nitrogen and oxygen atoms in total. The molecule has 0 aliphatic rings. The summed E-state index contributed by atoms with van der Waals surface area (Å²) in [6.45, 7) is 0. The molecule has 0 saturated heterocycles. The van der Waals surface area contributed by atoms with Crippen LogP contribution in [0.3, 0.4) is 0 Å². The van der Waals surface area contributed by atoms with Gasteiger partial charge < -0.3 is 21.9 Å². The Morgan fingerprint density at radius 1 is 0.400 bits per heavy atom. The van der Waals surface area contributed by atoms with Crippen LogP contribution in [-0.2, 0) is 0 Å². The minimum atomic E-state index is 0. The minimum Gasteiger partial charge on any atom is -0.412 e. The summed E-state index contributed by atoms with van der Waals surface area (Å²) in [7, 11) is 0. The molecule has 0 aromatic carbocycles. The fourth-order valence-electron chi connectivity index (χ4n) is 0. The van der Waals surface area contributed by atoms with Crippen LogP contribution in [0.5, 0.6) is 0 Å². The summed E-state index contributed by atoms with van der Waals surface area (Å²) in [6, 6.07) is 0. The van der Waals surface area contributed by atoms with E-state index in [9.17, 15) is 0 Å². The molecule has 0 heterocycles. The Labute approximate surface area is 66.7 Å². The molecule has 0 spiro atoms. The van der Waals surface area contributed by atoms with Gasteiger partial charge in [-0.1, -0.05) is 0 Å². The summed E-state index contributed by atoms with van der Waals surface area (Å²) in [5.74, 6) is 0. The molecule has 0 aliphatic heterocycles. The molecule has 0 saturated carbocycles. The van der Waals surface area contributed by atoms with Gasteiger partial charge in [-0.05, 0) is 0 Å². The molecule has 0 aromatic heterocycles. The van der Waals surface area contributed by atoms with Gasteiger partial charge in [-0.3, -0.25) is 0 Å². The fraction of sp³-hybridized carbons (Fsp3) is 0. The molecular formula is H8O4Sr+2. The van der Waals surface area contributed by atoms with E-state index in [1.165, 1.54) is 0 Å². The molecule has 0 fully saturated rings. The van der Waals surface area contributed by atoms with Crippen LogP contribution in [0.25, 0.3) is 0 Å². The maximum Gasteiger partial charge on any atom is 2.00 e. The van der Waals surface area contributed by atoms with Gasteiger partial charge in [0.15, 0.2) is 0 Å². The van der Waals surface area contributed by atoms with Crippen molar-refractivity contribution in [1.29, 1.82) is 0 Å². The van der Waals surface area contributed by atoms with Crippen LogP contribution in [0, 0.1) is 0 Å². The topological polar surface area (TPSA) is 126 Å². The average molecular weight is 160 g/mol. The molecule has 0 amide bonds. The first kappa shape index (κ1) is 103. The van der Waals surface area contributed by atoms with Crippen molar-refractivity contribution in [2.24, 2.45) is 0 Å². The first-order valence-corrected chi connectivity index (χ1v) is 0. The fourth-order valence-corrected chi connectivity index (χ4v) is 0. The van der Waals surface area contributed by atoms with Crippen LogP contribution in [0.15, 0.2) is 0 Å². The monoisotopic (exact) mass is 160 g/mol. The Balaban J connectivity index is 0. The largest absolute Gasteiger partial charge is 2.00 e. The number of hydrogen-bond acceptors (Lipinski definition) is 0. The van der Waals surface area contributed by atoms with E-state index in [4.69, 9.17) is 0 Å². The molecule has 0 radical (unpaired) electrons. The van der Waals surface area contributed by atoms with E-state index in [2.05, 4.69) is 0 Å². The molecule has 0 aromatic rings. The minimum absolute atomic E-state index is 0. The SMILES string of the molecule is O.O.O.O.[Sr+2]. The predicted molar refractivity (Wildman–Crippen MR) is 20.2 cm³/mol. The van der Waals surface area contributed by atoms with Crippen molar-refractivity contribution in [3.05, 3.63) is 0 Å². The molecule has 8 N–H and O–H groups in total. The second kappa shape index (κ2) is 57.0. The summed E-state index contributed by atoms with van der Waals surface area (Å²) in [6.07, 6.45) is 0. The van der Waals surface area contributed by atoms with Crippen LogP contribution in [-0.4, -0.2) is 67.4 Å². The Hall–Kier alpha value is 1.32. The van der Waals surface area contributed by atoms with Crippen molar-refractivity contribution in [3.63, 3.8) is 0 Å². The Morgan fingerprint density at radius 2 is 0.400 bits per heavy atom. The van der Waals surface area contributed by atoms with Crippen molar-refractivity contribution >= 4 is 45.5 Å². The first-order chi connectivity index (χ1) is 0. The zero-order chi connectivity index (χ0) is 0. The normalized spacial score (nSPS) is 0. The zero-order valence-electron chi connectivity index (χ0n) is 2.71. The molecule has 5 heavy (non-hydrogen) atoms. The third kappa shape index (κ3) is 33.6. The van der Waals surface area contributed by atoms with E-state index in [1.807, 2.05) is 0 Å². The summed E-state index contributed by atoms with van der Waals surface area (Å²) in [5, 5.41) is 0. The van der Waals surface area contributed by atoms with Crippen molar-refractivity contribution in [2.45, 2.75) is 0 Å². The average Bonchev–Trinajstić information content (AvgIpc) is 0. The van der Waals surface area contributed by atoms with Gasteiger partial charge >= 0.3 is 45.5 Å². The van der Waals surface area contributed by atoms with Crippen molar-refractivity contribution < 1.29 is 21.9 Å². The second-order valence-electron chi connectivity index (χ2n) is 0. The van der Waals surface area contributed by atoms with Crippen molar-refractivity contribution in [1.82, 2.24) is 0 Å². The Bertz CT molecular complexity index is 3.61. The van der Waals surface area contributed by atoms with E-state index >= 15 is 0 Å². The van der Waals surface area contributed by atoms with Crippen LogP contribution >= 0.6 is 0 Å². The van der Waals surface area contributed by atoms with Crippen molar-refractivity contribution in [2.75, 3.05) is 0 Å². The van der Waals surface area contributed by atoms with Crippen LogP contribution < -0.4 is 0 Å². The van der Waals surface area contributed by atoms with E-state index in [1.54, 1.807) is 0 Å². The van der Waals surface area contributed by atoms with Gasteiger partial charge in [0.25, 0.3) is 0 Å². The zero-order valence-corrected chi connectivity index (χ0v) is 6.18. The molecule has 0 bridgehead atoms. The molecular weight excluding hydrogens is 152 g/mol. The van der Waals surface area contributed by atoms with Gasteiger partial charge in [0, 0.05) is 0 Å². The van der Waals surface area contributed by atoms with E-state index < -0.39 is 0 Å². The third-order valence-electron chi connectivity index (χ3n) is 0. The second-order valence-corrected chi connectivity index (χ2v) is 0. The molecule has 0 atom stereocenters. The third-order valence-corrected chi connectivity index (χ3v) is 0. The van der Waals surface area contributed by atoms with Gasteiger partial charge in [-0.2, -0.15) is 0 Å². The Morgan fingerprint density at radius 3 is 0.400 bits per heavy atom. The van der Waals surface area contributed by atoms with E-state index in [0.29, 0.717) is 0 Å². The van der Waals surface area contributed by atoms with Gasteiger partial charge in [0.1, 0.15) is 0 Å². The van der Waals surface area contributed by atoms with Crippen LogP contribution in [0.2, 0.25) is 0 Å². The Kier molecular flexibility index (Phi) is 1170. The summed E-state index contributed by atoms with van der Waals surface area (Å²) >= 11 is 0. The molecule has 0 aliphatic carbocycles. The van der Waals surface area contributed by atoms with Crippen molar-refractivity contribution in [3.8, 4) is 0 Å². The number of hydrogen-bond donors (Lipinski definition) is 0. The summed E-state index contributed by atoms with van der Waals surface area (Å²) in [5.41, 5.74) is 0. The summed E-state index contributed by atoms with van der Waals surface area (Å²) < 4.78 is 0. The maximum atomic E-state index is 0. The quantitative estimate of drug-likeness (QED) is 0.323. The van der Waals surface area contributed by atoms with Gasteiger partial charge in [0.2, 0.25) is 0 Å². The van der Waals surface area contributed by atoms with Gasteiger partial charge in [-0.15, -0.1) is 0 Å². The standard InChI is InChI=1S/4H2O.Sr/h4*1H2;/q;;;;+2. The molecule has 0 unspecified atom stereocenters. The molecule has 32 valence electrons. The van der Waals surface area contributed by atoms with Crippen LogP contribution in [0.4, 0.5) is 0 Å². The molecule has 0 rings (SSSR count). The van der Waals surface area contributed by atoms with Crippen LogP contribution in [0.1, 0.15) is 0 Å². The van der Waals surface area contributed by atoms with Gasteiger partial charge in [-0.25, -0.2) is 0 Å². The predicted octanol–water partition coefficient (Wildman–Crippen LogP) is -3.68. The summed E-state index contributed by atoms with van der Waals surface area (Å²) in [4.78, 5) is 0.